The van der Waals surface area contributed by atoms with E-state index in [1.54, 1.807) is 7.11 Å². The summed E-state index contributed by atoms with van der Waals surface area (Å²) in [5, 5.41) is 3.49. The highest BCUT2D eigenvalue weighted by Crippen LogP contribution is 2.32. The first-order valence-corrected chi connectivity index (χ1v) is 8.87. The Hall–Kier alpha value is -2.11. The molecule has 0 radical (unpaired) electrons. The molecule has 1 unspecified atom stereocenters. The molecule has 0 aliphatic rings. The number of hydrogen-bond donors (Lipinski definition) is 1. The average Bonchev–Trinajstić information content (AvgIpc) is 2.60. The van der Waals surface area contributed by atoms with Gasteiger partial charge in [0.05, 0.1) is 13.2 Å². The summed E-state index contributed by atoms with van der Waals surface area (Å²) in [4.78, 5) is 2.12. The fraction of sp³-hybridized carbons (Fsp3) is 0.429. The molecule has 2 aromatic carbocycles. The van der Waals surface area contributed by atoms with Crippen LogP contribution in [0.5, 0.6) is 11.5 Å². The van der Waals surface area contributed by atoms with Gasteiger partial charge in [-0.15, -0.1) is 0 Å². The quantitative estimate of drug-likeness (QED) is 0.732. The van der Waals surface area contributed by atoms with Crippen LogP contribution >= 0.6 is 0 Å². The normalized spacial score (nSPS) is 12.5. The lowest BCUT2D eigenvalue weighted by molar-refractivity contribution is 0.226. The van der Waals surface area contributed by atoms with E-state index in [0.29, 0.717) is 6.54 Å². The van der Waals surface area contributed by atoms with Crippen molar-refractivity contribution in [3.05, 3.63) is 59.4 Å². The lowest BCUT2D eigenvalue weighted by atomic mass is 10.1. The number of benzene rings is 2. The first-order valence-electron chi connectivity index (χ1n) is 8.87. The first-order chi connectivity index (χ1) is 12.4. The molecule has 5 heteroatoms. The number of methoxy groups -OCH3 is 1. The average molecular weight is 360 g/mol. The monoisotopic (exact) mass is 360 g/mol. The van der Waals surface area contributed by atoms with E-state index in [1.807, 2.05) is 58.3 Å². The van der Waals surface area contributed by atoms with Gasteiger partial charge in [0, 0.05) is 24.7 Å². The first kappa shape index (κ1) is 20.2. The number of nitrogens with zero attached hydrogens (tertiary/aromatic N) is 1. The zero-order valence-electron chi connectivity index (χ0n) is 16.3. The van der Waals surface area contributed by atoms with E-state index in [9.17, 15) is 4.39 Å². The number of likely N-dealkylation sites (N-methyl/N-ethyl adjacent to an activating group) is 1. The fourth-order valence-electron chi connectivity index (χ4n) is 2.86. The molecule has 26 heavy (non-hydrogen) atoms. The summed E-state index contributed by atoms with van der Waals surface area (Å²) in [7, 11) is 5.69. The Bertz CT molecular complexity index is 687. The van der Waals surface area contributed by atoms with Crippen LogP contribution in [0.4, 0.5) is 4.39 Å². The predicted molar refractivity (Wildman–Crippen MR) is 103 cm³/mol. The van der Waals surface area contributed by atoms with Crippen molar-refractivity contribution < 1.29 is 13.9 Å². The zero-order valence-corrected chi connectivity index (χ0v) is 16.3. The molecule has 0 fully saturated rings. The lowest BCUT2D eigenvalue weighted by Gasteiger charge is -2.25. The van der Waals surface area contributed by atoms with Crippen LogP contribution in [-0.4, -0.2) is 38.8 Å². The van der Waals surface area contributed by atoms with Gasteiger partial charge in [0.15, 0.2) is 11.5 Å². The van der Waals surface area contributed by atoms with Crippen molar-refractivity contribution in [1.82, 2.24) is 10.2 Å². The van der Waals surface area contributed by atoms with Gasteiger partial charge in [0.25, 0.3) is 0 Å². The third-order valence-corrected chi connectivity index (χ3v) is 4.17. The van der Waals surface area contributed by atoms with Crippen LogP contribution in [0.25, 0.3) is 0 Å². The molecule has 2 rings (SSSR count). The molecule has 142 valence electrons. The van der Waals surface area contributed by atoms with Crippen molar-refractivity contribution in [3.8, 4) is 11.5 Å². The van der Waals surface area contributed by atoms with Gasteiger partial charge in [0.2, 0.25) is 0 Å². The Morgan fingerprint density at radius 1 is 1.08 bits per heavy atom. The summed E-state index contributed by atoms with van der Waals surface area (Å²) >= 11 is 0. The molecule has 0 spiro atoms. The summed E-state index contributed by atoms with van der Waals surface area (Å²) in [5.74, 6) is 1.30. The molecule has 0 amide bonds. The summed E-state index contributed by atoms with van der Waals surface area (Å²) in [6.45, 7) is 5.39. The number of halogens is 1. The number of rotatable bonds is 9. The Morgan fingerprint density at radius 3 is 2.35 bits per heavy atom. The van der Waals surface area contributed by atoms with Gasteiger partial charge in [-0.25, -0.2) is 4.39 Å². The maximum atomic E-state index is 13.2. The standard InChI is InChI=1S/C21H29FN2O2/c1-15(2)26-21-17(7-6-8-20(21)25-5)13-23-14-19(24(3)4)16-9-11-18(22)12-10-16/h6-12,15,19,23H,13-14H2,1-5H3. The van der Waals surface area contributed by atoms with Crippen LogP contribution in [0.2, 0.25) is 0 Å². The van der Waals surface area contributed by atoms with Crippen molar-refractivity contribution in [1.29, 1.82) is 0 Å². The maximum Gasteiger partial charge on any atom is 0.166 e. The minimum absolute atomic E-state index is 0.0683. The number of hydrogen-bond acceptors (Lipinski definition) is 4. The molecule has 0 aliphatic carbocycles. The summed E-state index contributed by atoms with van der Waals surface area (Å²) in [6.07, 6.45) is 0.0683. The fourth-order valence-corrected chi connectivity index (χ4v) is 2.86. The van der Waals surface area contributed by atoms with E-state index in [-0.39, 0.29) is 18.0 Å². The summed E-state index contributed by atoms with van der Waals surface area (Å²) < 4.78 is 24.6. The third-order valence-electron chi connectivity index (χ3n) is 4.17. The van der Waals surface area contributed by atoms with Crippen molar-refractivity contribution in [2.75, 3.05) is 27.7 Å². The van der Waals surface area contributed by atoms with E-state index >= 15 is 0 Å². The Labute approximate surface area is 155 Å². The van der Waals surface area contributed by atoms with Gasteiger partial charge < -0.3 is 19.7 Å². The van der Waals surface area contributed by atoms with Gasteiger partial charge in [-0.2, -0.15) is 0 Å². The van der Waals surface area contributed by atoms with Crippen LogP contribution in [0.15, 0.2) is 42.5 Å². The van der Waals surface area contributed by atoms with E-state index in [0.717, 1.165) is 29.2 Å². The highest BCUT2D eigenvalue weighted by Gasteiger charge is 2.16. The zero-order chi connectivity index (χ0) is 19.1. The van der Waals surface area contributed by atoms with E-state index in [2.05, 4.69) is 10.2 Å². The van der Waals surface area contributed by atoms with Crippen LogP contribution in [0.1, 0.15) is 31.0 Å². The lowest BCUT2D eigenvalue weighted by Crippen LogP contribution is -2.31. The molecular formula is C21H29FN2O2. The molecule has 0 heterocycles. The van der Waals surface area contributed by atoms with E-state index < -0.39 is 0 Å². The second kappa shape index (κ2) is 9.55. The Balaban J connectivity index is 2.08. The van der Waals surface area contributed by atoms with Crippen molar-refractivity contribution >= 4 is 0 Å². The highest BCUT2D eigenvalue weighted by molar-refractivity contribution is 5.46. The number of ether oxygens (including phenoxy) is 2. The molecule has 2 aromatic rings. The molecule has 0 saturated carbocycles. The van der Waals surface area contributed by atoms with Gasteiger partial charge in [0.1, 0.15) is 5.82 Å². The SMILES string of the molecule is COc1cccc(CNCC(c2ccc(F)cc2)N(C)C)c1OC(C)C. The molecule has 0 bridgehead atoms. The van der Waals surface area contributed by atoms with Crippen LogP contribution < -0.4 is 14.8 Å². The molecule has 4 nitrogen and oxygen atoms in total. The highest BCUT2D eigenvalue weighted by atomic mass is 19.1. The largest absolute Gasteiger partial charge is 0.493 e. The smallest absolute Gasteiger partial charge is 0.166 e. The number of nitrogens with one attached hydrogen (secondary N) is 1. The maximum absolute atomic E-state index is 13.2. The topological polar surface area (TPSA) is 33.7 Å². The molecule has 1 N–H and O–H groups in total. The van der Waals surface area contributed by atoms with Crippen molar-refractivity contribution in [2.45, 2.75) is 32.5 Å². The minimum Gasteiger partial charge on any atom is -0.493 e. The molecular weight excluding hydrogens is 331 g/mol. The molecule has 0 aliphatic heterocycles. The molecule has 0 saturated heterocycles. The Morgan fingerprint density at radius 2 is 1.77 bits per heavy atom. The van der Waals surface area contributed by atoms with Gasteiger partial charge in [-0.3, -0.25) is 0 Å². The number of para-hydroxylation sites is 1. The summed E-state index contributed by atoms with van der Waals surface area (Å²) in [6, 6.07) is 12.7. The molecule has 1 atom stereocenters. The van der Waals surface area contributed by atoms with Gasteiger partial charge in [-0.05, 0) is 51.7 Å². The van der Waals surface area contributed by atoms with Gasteiger partial charge in [-0.1, -0.05) is 24.3 Å². The second-order valence-corrected chi connectivity index (χ2v) is 6.78. The second-order valence-electron chi connectivity index (χ2n) is 6.78. The van der Waals surface area contributed by atoms with Crippen LogP contribution in [0.3, 0.4) is 0 Å². The predicted octanol–water partition coefficient (Wildman–Crippen LogP) is 4.01. The van der Waals surface area contributed by atoms with Crippen LogP contribution in [0, 0.1) is 5.82 Å². The molecule has 0 aromatic heterocycles. The van der Waals surface area contributed by atoms with E-state index in [4.69, 9.17) is 9.47 Å². The van der Waals surface area contributed by atoms with Gasteiger partial charge >= 0.3 is 0 Å². The van der Waals surface area contributed by atoms with E-state index in [1.165, 1.54) is 12.1 Å². The third kappa shape index (κ3) is 5.44. The van der Waals surface area contributed by atoms with Crippen molar-refractivity contribution in [3.63, 3.8) is 0 Å². The van der Waals surface area contributed by atoms with Crippen LogP contribution in [-0.2, 0) is 6.54 Å². The Kier molecular flexibility index (Phi) is 7.42. The van der Waals surface area contributed by atoms with Crippen molar-refractivity contribution in [2.24, 2.45) is 0 Å². The minimum atomic E-state index is -0.217. The summed E-state index contributed by atoms with van der Waals surface area (Å²) in [5.41, 5.74) is 2.13.